The molecule has 5 rings (SSSR count). The Kier molecular flexibility index (Phi) is 6.42. The van der Waals surface area contributed by atoms with Crippen LogP contribution in [-0.2, 0) is 22.2 Å². The Morgan fingerprint density at radius 1 is 1.19 bits per heavy atom. The third kappa shape index (κ3) is 4.67. The second-order valence-corrected chi connectivity index (χ2v) is 10.1. The molecule has 0 saturated heterocycles. The summed E-state index contributed by atoms with van der Waals surface area (Å²) in [5.74, 6) is -2.27. The largest absolute Gasteiger partial charge is 0.482 e. The number of carbonyl (C=O) groups is 2. The van der Waals surface area contributed by atoms with Crippen molar-refractivity contribution in [3.8, 4) is 5.75 Å². The number of hydrogen-bond donors (Lipinski definition) is 1. The van der Waals surface area contributed by atoms with Crippen LogP contribution in [0, 0.1) is 5.92 Å². The molecule has 2 aromatic carbocycles. The molecule has 11 heteroatoms. The summed E-state index contributed by atoms with van der Waals surface area (Å²) in [6, 6.07) is 9.47. The second kappa shape index (κ2) is 9.40. The van der Waals surface area contributed by atoms with E-state index in [4.69, 9.17) is 21.4 Å². The number of ether oxygens (including phenoxy) is 1. The summed E-state index contributed by atoms with van der Waals surface area (Å²) < 4.78 is 46.2. The predicted molar refractivity (Wildman–Crippen MR) is 126 cm³/mol. The number of fused-ring (bicyclic) bond motifs is 1. The lowest BCUT2D eigenvalue weighted by Crippen LogP contribution is -2.41. The number of benzene rings is 2. The fourth-order valence-electron chi connectivity index (χ4n) is 4.84. The SMILES string of the molecule is O=C(O)COc1ccc(Cl)cc1[C@H]1c2scnc2CCN1C(=O)C1CC1c1ccccc1C(F)(F)F. The van der Waals surface area contributed by atoms with E-state index >= 15 is 0 Å². The molecule has 1 N–H and O–H groups in total. The van der Waals surface area contributed by atoms with E-state index in [1.807, 2.05) is 0 Å². The molecule has 2 heterocycles. The highest BCUT2D eigenvalue weighted by molar-refractivity contribution is 7.09. The summed E-state index contributed by atoms with van der Waals surface area (Å²) in [6.07, 6.45) is -3.68. The van der Waals surface area contributed by atoms with Gasteiger partial charge in [-0.3, -0.25) is 4.79 Å². The van der Waals surface area contributed by atoms with Crippen LogP contribution in [0.1, 0.15) is 45.6 Å². The quantitative estimate of drug-likeness (QED) is 0.446. The van der Waals surface area contributed by atoms with Gasteiger partial charge in [0.2, 0.25) is 5.91 Å². The first-order valence-electron chi connectivity index (χ1n) is 11.2. The number of carboxylic acids is 1. The molecular weight excluding hydrogens is 517 g/mol. The number of carboxylic acid groups (broad SMARTS) is 1. The van der Waals surface area contributed by atoms with Crippen LogP contribution in [0.5, 0.6) is 5.75 Å². The van der Waals surface area contributed by atoms with Gasteiger partial charge in [-0.05, 0) is 42.2 Å². The summed E-state index contributed by atoms with van der Waals surface area (Å²) in [5, 5.41) is 9.47. The Morgan fingerprint density at radius 2 is 1.97 bits per heavy atom. The van der Waals surface area contributed by atoms with Crippen molar-refractivity contribution in [3.05, 3.63) is 80.3 Å². The van der Waals surface area contributed by atoms with E-state index in [1.165, 1.54) is 23.5 Å². The Morgan fingerprint density at radius 3 is 2.72 bits per heavy atom. The first kappa shape index (κ1) is 24.6. The Bertz CT molecular complexity index is 1330. The average Bonchev–Trinajstić information content (AvgIpc) is 3.49. The highest BCUT2D eigenvalue weighted by atomic mass is 35.5. The molecule has 0 radical (unpaired) electrons. The first-order valence-corrected chi connectivity index (χ1v) is 12.4. The molecule has 2 aliphatic rings. The zero-order valence-corrected chi connectivity index (χ0v) is 20.2. The molecule has 1 aromatic heterocycles. The Balaban J connectivity index is 1.49. The molecule has 2 unspecified atom stereocenters. The van der Waals surface area contributed by atoms with E-state index in [-0.39, 0.29) is 17.2 Å². The van der Waals surface area contributed by atoms with E-state index in [0.29, 0.717) is 30.0 Å². The number of rotatable bonds is 6. The van der Waals surface area contributed by atoms with Crippen molar-refractivity contribution in [2.45, 2.75) is 31.0 Å². The second-order valence-electron chi connectivity index (χ2n) is 8.75. The molecular formula is C25H20ClF3N2O4S. The van der Waals surface area contributed by atoms with Gasteiger partial charge >= 0.3 is 12.1 Å². The van der Waals surface area contributed by atoms with Gasteiger partial charge in [0.15, 0.2) is 6.61 Å². The van der Waals surface area contributed by atoms with E-state index in [2.05, 4.69) is 4.98 Å². The summed E-state index contributed by atoms with van der Waals surface area (Å²) in [6.45, 7) is -0.265. The molecule has 1 aliphatic heterocycles. The normalized spacial score (nSPS) is 21.1. The lowest BCUT2D eigenvalue weighted by atomic mass is 9.95. The standard InChI is InChI=1S/C25H20ClF3N2O4S/c26-13-5-6-20(35-11-21(32)33)17(9-13)22-23-19(30-12-36-23)7-8-31(22)24(34)16-10-15(16)14-3-1-2-4-18(14)25(27,28)29/h1-6,9,12,15-16,22H,7-8,10-11H2,(H,32,33)/t15?,16?,22-/m0/s1. The van der Waals surface area contributed by atoms with Crippen molar-refractivity contribution in [2.75, 3.05) is 13.2 Å². The van der Waals surface area contributed by atoms with E-state index in [0.717, 1.165) is 16.6 Å². The van der Waals surface area contributed by atoms with Gasteiger partial charge in [0, 0.05) is 29.5 Å². The zero-order chi connectivity index (χ0) is 25.6. The molecule has 188 valence electrons. The summed E-state index contributed by atoms with van der Waals surface area (Å²) in [4.78, 5) is 31.7. The highest BCUT2D eigenvalue weighted by Gasteiger charge is 2.51. The van der Waals surface area contributed by atoms with E-state index < -0.39 is 42.2 Å². The molecule has 36 heavy (non-hydrogen) atoms. The van der Waals surface area contributed by atoms with E-state index in [9.17, 15) is 22.8 Å². The summed E-state index contributed by atoms with van der Waals surface area (Å²) in [7, 11) is 0. The number of hydrogen-bond acceptors (Lipinski definition) is 5. The van der Waals surface area contributed by atoms with Crippen molar-refractivity contribution in [2.24, 2.45) is 5.92 Å². The Hall–Kier alpha value is -3.11. The topological polar surface area (TPSA) is 79.7 Å². The lowest BCUT2D eigenvalue weighted by molar-refractivity contribution is -0.139. The maximum absolute atomic E-state index is 13.7. The number of nitrogens with zero attached hydrogens (tertiary/aromatic N) is 2. The van der Waals surface area contributed by atoms with Crippen LogP contribution in [0.25, 0.3) is 0 Å². The molecule has 0 spiro atoms. The lowest BCUT2D eigenvalue weighted by Gasteiger charge is -2.36. The fraction of sp³-hybridized carbons (Fsp3) is 0.320. The van der Waals surface area contributed by atoms with Crippen molar-refractivity contribution in [3.63, 3.8) is 0 Å². The van der Waals surface area contributed by atoms with Crippen LogP contribution >= 0.6 is 22.9 Å². The van der Waals surface area contributed by atoms with Crippen molar-refractivity contribution in [1.82, 2.24) is 9.88 Å². The maximum Gasteiger partial charge on any atom is 0.416 e. The molecule has 1 saturated carbocycles. The highest BCUT2D eigenvalue weighted by Crippen LogP contribution is 2.53. The van der Waals surface area contributed by atoms with Gasteiger partial charge in [-0.1, -0.05) is 29.8 Å². The fourth-order valence-corrected chi connectivity index (χ4v) is 5.99. The first-order chi connectivity index (χ1) is 17.1. The minimum atomic E-state index is -4.50. The number of halogens is 4. The third-order valence-corrected chi connectivity index (χ3v) is 7.65. The van der Waals surface area contributed by atoms with Crippen LogP contribution in [-0.4, -0.2) is 40.0 Å². The van der Waals surface area contributed by atoms with Gasteiger partial charge in [0.05, 0.1) is 27.7 Å². The van der Waals surface area contributed by atoms with Gasteiger partial charge < -0.3 is 14.7 Å². The average molecular weight is 537 g/mol. The van der Waals surface area contributed by atoms with Crippen LogP contribution < -0.4 is 4.74 Å². The summed E-state index contributed by atoms with van der Waals surface area (Å²) in [5.41, 5.74) is 2.41. The zero-order valence-electron chi connectivity index (χ0n) is 18.7. The molecule has 3 aromatic rings. The molecule has 1 aliphatic carbocycles. The van der Waals surface area contributed by atoms with Crippen LogP contribution in [0.3, 0.4) is 0 Å². The monoisotopic (exact) mass is 536 g/mol. The van der Waals surface area contributed by atoms with Gasteiger partial charge in [-0.15, -0.1) is 11.3 Å². The third-order valence-electron chi connectivity index (χ3n) is 6.50. The Labute approximate surface area is 213 Å². The van der Waals surface area contributed by atoms with E-state index in [1.54, 1.807) is 34.7 Å². The van der Waals surface area contributed by atoms with Gasteiger partial charge in [0.25, 0.3) is 0 Å². The smallest absolute Gasteiger partial charge is 0.416 e. The minimum Gasteiger partial charge on any atom is -0.482 e. The van der Waals surface area contributed by atoms with Crippen molar-refractivity contribution >= 4 is 34.8 Å². The van der Waals surface area contributed by atoms with Crippen LogP contribution in [0.2, 0.25) is 5.02 Å². The summed E-state index contributed by atoms with van der Waals surface area (Å²) >= 11 is 7.63. The molecule has 1 amide bonds. The number of carbonyl (C=O) groups excluding carboxylic acids is 1. The maximum atomic E-state index is 13.7. The minimum absolute atomic E-state index is 0.128. The van der Waals surface area contributed by atoms with Crippen molar-refractivity contribution in [1.29, 1.82) is 0 Å². The molecule has 3 atom stereocenters. The van der Waals surface area contributed by atoms with Gasteiger partial charge in [0.1, 0.15) is 5.75 Å². The predicted octanol–water partition coefficient (Wildman–Crippen LogP) is 5.56. The number of aliphatic carboxylic acids is 1. The molecule has 6 nitrogen and oxygen atoms in total. The molecule has 1 fully saturated rings. The molecule has 0 bridgehead atoms. The van der Waals surface area contributed by atoms with Crippen molar-refractivity contribution < 1.29 is 32.6 Å². The number of amides is 1. The van der Waals surface area contributed by atoms with Gasteiger partial charge in [-0.2, -0.15) is 13.2 Å². The van der Waals surface area contributed by atoms with Crippen LogP contribution in [0.15, 0.2) is 48.0 Å². The van der Waals surface area contributed by atoms with Crippen LogP contribution in [0.4, 0.5) is 13.2 Å². The number of alkyl halides is 3. The number of aromatic nitrogens is 1. The number of thiazole rings is 1. The van der Waals surface area contributed by atoms with Gasteiger partial charge in [-0.25, -0.2) is 9.78 Å².